The van der Waals surface area contributed by atoms with Crippen LogP contribution in [0.15, 0.2) is 18.2 Å². The van der Waals surface area contributed by atoms with Gasteiger partial charge in [-0.25, -0.2) is 0 Å². The van der Waals surface area contributed by atoms with E-state index in [1.165, 1.54) is 0 Å². The standard InChI is InChI=1S/C15H23NO2/c1-10(2)5-14(17)9-16-15(18)13-7-11(3)6-12(4)8-13/h6-8,10,14,17H,5,9H2,1-4H3,(H,16,18). The molecule has 0 bridgehead atoms. The monoisotopic (exact) mass is 249 g/mol. The Morgan fingerprint density at radius 3 is 2.28 bits per heavy atom. The summed E-state index contributed by atoms with van der Waals surface area (Å²) in [6, 6.07) is 5.75. The van der Waals surface area contributed by atoms with E-state index in [2.05, 4.69) is 19.2 Å². The summed E-state index contributed by atoms with van der Waals surface area (Å²) in [5, 5.41) is 12.5. The Labute approximate surface area is 109 Å². The molecule has 2 N–H and O–H groups in total. The molecule has 1 aromatic rings. The smallest absolute Gasteiger partial charge is 0.251 e. The Morgan fingerprint density at radius 2 is 1.78 bits per heavy atom. The van der Waals surface area contributed by atoms with Crippen molar-refractivity contribution in [2.45, 2.75) is 40.2 Å². The normalized spacial score (nSPS) is 12.6. The first kappa shape index (κ1) is 14.7. The minimum absolute atomic E-state index is 0.121. The second-order valence-electron chi connectivity index (χ2n) is 5.37. The lowest BCUT2D eigenvalue weighted by molar-refractivity contribution is 0.0900. The van der Waals surface area contributed by atoms with Gasteiger partial charge in [-0.2, -0.15) is 0 Å². The van der Waals surface area contributed by atoms with Crippen molar-refractivity contribution in [3.05, 3.63) is 34.9 Å². The molecule has 0 aliphatic carbocycles. The fraction of sp³-hybridized carbons (Fsp3) is 0.533. The zero-order valence-corrected chi connectivity index (χ0v) is 11.7. The summed E-state index contributed by atoms with van der Waals surface area (Å²) in [5.41, 5.74) is 2.80. The van der Waals surface area contributed by atoms with Crippen LogP contribution in [-0.4, -0.2) is 23.7 Å². The molecule has 0 aromatic heterocycles. The molecule has 3 nitrogen and oxygen atoms in total. The summed E-state index contributed by atoms with van der Waals surface area (Å²) < 4.78 is 0. The van der Waals surface area contributed by atoms with Crippen LogP contribution in [0, 0.1) is 19.8 Å². The van der Waals surface area contributed by atoms with E-state index >= 15 is 0 Å². The number of aliphatic hydroxyl groups is 1. The predicted octanol–water partition coefficient (Wildman–Crippen LogP) is 2.44. The summed E-state index contributed by atoms with van der Waals surface area (Å²) >= 11 is 0. The van der Waals surface area contributed by atoms with Gasteiger partial charge in [0.1, 0.15) is 0 Å². The van der Waals surface area contributed by atoms with Gasteiger partial charge in [-0.1, -0.05) is 31.0 Å². The summed E-state index contributed by atoms with van der Waals surface area (Å²) in [7, 11) is 0. The van der Waals surface area contributed by atoms with E-state index in [9.17, 15) is 9.90 Å². The number of rotatable bonds is 5. The molecule has 1 aromatic carbocycles. The van der Waals surface area contributed by atoms with Crippen LogP contribution in [0.1, 0.15) is 41.8 Å². The highest BCUT2D eigenvalue weighted by molar-refractivity contribution is 5.94. The third-order valence-electron chi connectivity index (χ3n) is 2.73. The van der Waals surface area contributed by atoms with E-state index in [1.807, 2.05) is 32.0 Å². The number of benzene rings is 1. The second-order valence-corrected chi connectivity index (χ2v) is 5.37. The number of aryl methyl sites for hydroxylation is 2. The molecule has 0 radical (unpaired) electrons. The van der Waals surface area contributed by atoms with Gasteiger partial charge in [0, 0.05) is 12.1 Å². The topological polar surface area (TPSA) is 49.3 Å². The van der Waals surface area contributed by atoms with Crippen LogP contribution < -0.4 is 5.32 Å². The van der Waals surface area contributed by atoms with Gasteiger partial charge < -0.3 is 10.4 Å². The quantitative estimate of drug-likeness (QED) is 0.842. The number of hydrogen-bond donors (Lipinski definition) is 2. The summed E-state index contributed by atoms with van der Waals surface area (Å²) in [6.45, 7) is 8.35. The van der Waals surface area contributed by atoms with Crippen LogP contribution in [0.5, 0.6) is 0 Å². The number of hydrogen-bond acceptors (Lipinski definition) is 2. The van der Waals surface area contributed by atoms with Crippen molar-refractivity contribution in [2.75, 3.05) is 6.54 Å². The molecule has 0 spiro atoms. The van der Waals surface area contributed by atoms with Crippen molar-refractivity contribution in [2.24, 2.45) is 5.92 Å². The molecule has 1 rings (SSSR count). The van der Waals surface area contributed by atoms with Gasteiger partial charge in [-0.05, 0) is 38.3 Å². The van der Waals surface area contributed by atoms with Crippen LogP contribution in [-0.2, 0) is 0 Å². The molecule has 0 saturated carbocycles. The lowest BCUT2D eigenvalue weighted by Crippen LogP contribution is -2.32. The van der Waals surface area contributed by atoms with E-state index in [-0.39, 0.29) is 5.91 Å². The van der Waals surface area contributed by atoms with E-state index in [0.29, 0.717) is 24.4 Å². The summed E-state index contributed by atoms with van der Waals surface area (Å²) in [4.78, 5) is 11.9. The number of aliphatic hydroxyl groups excluding tert-OH is 1. The van der Waals surface area contributed by atoms with Gasteiger partial charge in [0.2, 0.25) is 0 Å². The highest BCUT2D eigenvalue weighted by Crippen LogP contribution is 2.09. The van der Waals surface area contributed by atoms with Crippen LogP contribution in [0.4, 0.5) is 0 Å². The van der Waals surface area contributed by atoms with Crippen LogP contribution in [0.2, 0.25) is 0 Å². The minimum atomic E-state index is -0.472. The Bertz CT molecular complexity index is 393. The first-order valence-electron chi connectivity index (χ1n) is 6.43. The van der Waals surface area contributed by atoms with Gasteiger partial charge >= 0.3 is 0 Å². The molecular formula is C15H23NO2. The zero-order valence-electron chi connectivity index (χ0n) is 11.7. The van der Waals surface area contributed by atoms with Crippen molar-refractivity contribution in [3.8, 4) is 0 Å². The average molecular weight is 249 g/mol. The largest absolute Gasteiger partial charge is 0.391 e. The molecule has 0 aliphatic rings. The fourth-order valence-electron chi connectivity index (χ4n) is 2.05. The molecule has 1 atom stereocenters. The SMILES string of the molecule is Cc1cc(C)cc(C(=O)NCC(O)CC(C)C)c1. The first-order valence-corrected chi connectivity index (χ1v) is 6.43. The number of nitrogens with one attached hydrogen (secondary N) is 1. The zero-order chi connectivity index (χ0) is 13.7. The van der Waals surface area contributed by atoms with Crippen LogP contribution in [0.25, 0.3) is 0 Å². The first-order chi connectivity index (χ1) is 8.38. The predicted molar refractivity (Wildman–Crippen MR) is 73.7 cm³/mol. The van der Waals surface area contributed by atoms with E-state index in [1.54, 1.807) is 0 Å². The average Bonchev–Trinajstić information content (AvgIpc) is 2.23. The Hall–Kier alpha value is -1.35. The molecule has 0 fully saturated rings. The third kappa shape index (κ3) is 4.88. The van der Waals surface area contributed by atoms with Crippen molar-refractivity contribution < 1.29 is 9.90 Å². The van der Waals surface area contributed by atoms with Crippen molar-refractivity contribution in [3.63, 3.8) is 0 Å². The van der Waals surface area contributed by atoms with Gasteiger partial charge in [-0.15, -0.1) is 0 Å². The van der Waals surface area contributed by atoms with Crippen molar-refractivity contribution in [1.29, 1.82) is 0 Å². The minimum Gasteiger partial charge on any atom is -0.391 e. The lowest BCUT2D eigenvalue weighted by atomic mass is 10.1. The fourth-order valence-corrected chi connectivity index (χ4v) is 2.05. The van der Waals surface area contributed by atoms with Crippen LogP contribution in [0.3, 0.4) is 0 Å². The molecule has 0 aliphatic heterocycles. The van der Waals surface area contributed by atoms with E-state index < -0.39 is 6.10 Å². The Morgan fingerprint density at radius 1 is 1.22 bits per heavy atom. The van der Waals surface area contributed by atoms with Crippen molar-refractivity contribution in [1.82, 2.24) is 5.32 Å². The number of carbonyl (C=O) groups excluding carboxylic acids is 1. The molecule has 3 heteroatoms. The maximum absolute atomic E-state index is 11.9. The van der Waals surface area contributed by atoms with E-state index in [4.69, 9.17) is 0 Å². The van der Waals surface area contributed by atoms with Gasteiger partial charge in [-0.3, -0.25) is 4.79 Å². The molecule has 1 amide bonds. The molecule has 18 heavy (non-hydrogen) atoms. The molecule has 0 saturated heterocycles. The highest BCUT2D eigenvalue weighted by Gasteiger charge is 2.10. The van der Waals surface area contributed by atoms with Crippen LogP contribution >= 0.6 is 0 Å². The van der Waals surface area contributed by atoms with Gasteiger partial charge in [0.05, 0.1) is 6.10 Å². The Kier molecular flexibility index (Phi) is 5.35. The second kappa shape index (κ2) is 6.55. The summed E-state index contributed by atoms with van der Waals surface area (Å²) in [6.07, 6.45) is 0.229. The summed E-state index contributed by atoms with van der Waals surface area (Å²) in [5.74, 6) is 0.308. The van der Waals surface area contributed by atoms with Gasteiger partial charge in [0.25, 0.3) is 5.91 Å². The number of carbonyl (C=O) groups is 1. The number of amides is 1. The molecule has 0 heterocycles. The maximum Gasteiger partial charge on any atom is 0.251 e. The van der Waals surface area contributed by atoms with Gasteiger partial charge in [0.15, 0.2) is 0 Å². The highest BCUT2D eigenvalue weighted by atomic mass is 16.3. The molecular weight excluding hydrogens is 226 g/mol. The Balaban J connectivity index is 2.55. The van der Waals surface area contributed by atoms with Crippen molar-refractivity contribution >= 4 is 5.91 Å². The van der Waals surface area contributed by atoms with E-state index in [0.717, 1.165) is 11.1 Å². The molecule has 100 valence electrons. The maximum atomic E-state index is 11.9. The molecule has 1 unspecified atom stereocenters. The lowest BCUT2D eigenvalue weighted by Gasteiger charge is -2.14. The third-order valence-corrected chi connectivity index (χ3v) is 2.73.